The molecule has 0 radical (unpaired) electrons. The number of nitrogens with zero attached hydrogens (tertiary/aromatic N) is 3. The number of rotatable bonds is 5. The molecule has 0 aliphatic carbocycles. The van der Waals surface area contributed by atoms with Crippen molar-refractivity contribution in [2.24, 2.45) is 0 Å². The van der Waals surface area contributed by atoms with Crippen molar-refractivity contribution in [2.75, 3.05) is 50.4 Å². The first-order valence-corrected chi connectivity index (χ1v) is 6.07. The van der Waals surface area contributed by atoms with Crippen molar-refractivity contribution in [3.8, 4) is 0 Å². The summed E-state index contributed by atoms with van der Waals surface area (Å²) in [7, 11) is 0. The predicted octanol–water partition coefficient (Wildman–Crippen LogP) is 0.332. The van der Waals surface area contributed by atoms with E-state index in [-0.39, 0.29) is 11.8 Å². The van der Waals surface area contributed by atoms with E-state index in [1.807, 2.05) is 0 Å². The van der Waals surface area contributed by atoms with Gasteiger partial charge in [-0.25, -0.2) is 9.37 Å². The Morgan fingerprint density at radius 2 is 2.22 bits per heavy atom. The van der Waals surface area contributed by atoms with Crippen molar-refractivity contribution in [3.05, 3.63) is 12.0 Å². The molecular formula is C11H18FN5O. The Labute approximate surface area is 105 Å². The summed E-state index contributed by atoms with van der Waals surface area (Å²) < 4.78 is 18.5. The van der Waals surface area contributed by atoms with E-state index in [4.69, 9.17) is 10.5 Å². The third-order valence-corrected chi connectivity index (χ3v) is 2.81. The second kappa shape index (κ2) is 6.46. The molecule has 3 N–H and O–H groups in total. The number of morpholine rings is 1. The highest BCUT2D eigenvalue weighted by Gasteiger charge is 2.09. The second-order valence-electron chi connectivity index (χ2n) is 4.16. The van der Waals surface area contributed by atoms with Crippen molar-refractivity contribution in [3.63, 3.8) is 0 Å². The van der Waals surface area contributed by atoms with E-state index in [1.165, 1.54) is 0 Å². The molecule has 0 bridgehead atoms. The van der Waals surface area contributed by atoms with Gasteiger partial charge in [0.15, 0.2) is 11.6 Å². The van der Waals surface area contributed by atoms with Gasteiger partial charge in [-0.3, -0.25) is 4.90 Å². The standard InChI is InChI=1S/C11H18FN5O/c12-9-8-15-11(13)16-10(9)14-2-1-3-17-4-6-18-7-5-17/h8H,1-7H2,(H3,13,14,15,16). The van der Waals surface area contributed by atoms with Crippen LogP contribution in [0.25, 0.3) is 0 Å². The third kappa shape index (κ3) is 3.78. The minimum atomic E-state index is -0.476. The van der Waals surface area contributed by atoms with Gasteiger partial charge in [0.1, 0.15) is 0 Å². The van der Waals surface area contributed by atoms with E-state index in [0.717, 1.165) is 45.5 Å². The second-order valence-corrected chi connectivity index (χ2v) is 4.16. The van der Waals surface area contributed by atoms with Gasteiger partial charge in [-0.2, -0.15) is 4.98 Å². The molecule has 1 saturated heterocycles. The molecule has 7 heteroatoms. The van der Waals surface area contributed by atoms with Crippen molar-refractivity contribution in [1.29, 1.82) is 0 Å². The van der Waals surface area contributed by atoms with E-state index in [2.05, 4.69) is 20.2 Å². The number of anilines is 2. The number of nitrogens with two attached hydrogens (primary N) is 1. The Bertz CT molecular complexity index is 384. The van der Waals surface area contributed by atoms with Crippen LogP contribution in [0.3, 0.4) is 0 Å². The largest absolute Gasteiger partial charge is 0.379 e. The van der Waals surface area contributed by atoms with Crippen LogP contribution in [0, 0.1) is 5.82 Å². The number of hydrogen-bond acceptors (Lipinski definition) is 6. The van der Waals surface area contributed by atoms with E-state index in [1.54, 1.807) is 0 Å². The molecule has 0 spiro atoms. The summed E-state index contributed by atoms with van der Waals surface area (Å²) in [5.74, 6) is -0.230. The molecule has 0 saturated carbocycles. The number of nitrogens with one attached hydrogen (secondary N) is 1. The van der Waals surface area contributed by atoms with Gasteiger partial charge in [-0.05, 0) is 13.0 Å². The number of nitrogen functional groups attached to an aromatic ring is 1. The summed E-state index contributed by atoms with van der Waals surface area (Å²) in [5, 5.41) is 2.93. The Balaban J connectivity index is 1.69. The summed E-state index contributed by atoms with van der Waals surface area (Å²) in [5.41, 5.74) is 5.40. The zero-order valence-electron chi connectivity index (χ0n) is 10.2. The first kappa shape index (κ1) is 13.0. The van der Waals surface area contributed by atoms with Crippen molar-refractivity contribution >= 4 is 11.8 Å². The highest BCUT2D eigenvalue weighted by atomic mass is 19.1. The molecule has 0 unspecified atom stereocenters. The lowest BCUT2D eigenvalue weighted by atomic mass is 10.3. The molecule has 1 fully saturated rings. The number of hydrogen-bond donors (Lipinski definition) is 2. The van der Waals surface area contributed by atoms with Crippen LogP contribution >= 0.6 is 0 Å². The predicted molar refractivity (Wildman–Crippen MR) is 66.8 cm³/mol. The Morgan fingerprint density at radius 1 is 1.44 bits per heavy atom. The average Bonchev–Trinajstić information content (AvgIpc) is 2.40. The van der Waals surface area contributed by atoms with Crippen LogP contribution in [0.4, 0.5) is 16.2 Å². The minimum Gasteiger partial charge on any atom is -0.379 e. The number of aromatic nitrogens is 2. The van der Waals surface area contributed by atoms with E-state index < -0.39 is 5.82 Å². The molecule has 0 amide bonds. The maximum Gasteiger partial charge on any atom is 0.222 e. The average molecular weight is 255 g/mol. The van der Waals surface area contributed by atoms with Crippen LogP contribution in [0.5, 0.6) is 0 Å². The maximum absolute atomic E-state index is 13.3. The molecule has 18 heavy (non-hydrogen) atoms. The zero-order chi connectivity index (χ0) is 12.8. The highest BCUT2D eigenvalue weighted by Crippen LogP contribution is 2.09. The number of halogens is 1. The molecule has 0 atom stereocenters. The Hall–Kier alpha value is -1.47. The van der Waals surface area contributed by atoms with Crippen LogP contribution < -0.4 is 11.1 Å². The first-order chi connectivity index (χ1) is 8.75. The molecule has 1 aromatic heterocycles. The van der Waals surface area contributed by atoms with Gasteiger partial charge in [0.05, 0.1) is 19.4 Å². The van der Waals surface area contributed by atoms with Crippen molar-refractivity contribution in [2.45, 2.75) is 6.42 Å². The van der Waals surface area contributed by atoms with E-state index in [9.17, 15) is 4.39 Å². The molecule has 2 heterocycles. The quantitative estimate of drug-likeness (QED) is 0.739. The molecular weight excluding hydrogens is 237 g/mol. The molecule has 1 aliphatic rings. The van der Waals surface area contributed by atoms with Crippen LogP contribution in [-0.2, 0) is 4.74 Å². The summed E-state index contributed by atoms with van der Waals surface area (Å²) >= 11 is 0. The van der Waals surface area contributed by atoms with Crippen LogP contribution in [0.1, 0.15) is 6.42 Å². The molecule has 0 aromatic carbocycles. The lowest BCUT2D eigenvalue weighted by molar-refractivity contribution is 0.0378. The van der Waals surface area contributed by atoms with Crippen LogP contribution in [-0.4, -0.2) is 54.3 Å². The van der Waals surface area contributed by atoms with Gasteiger partial charge < -0.3 is 15.8 Å². The summed E-state index contributed by atoms with van der Waals surface area (Å²) in [4.78, 5) is 9.70. The summed E-state index contributed by atoms with van der Waals surface area (Å²) in [6, 6.07) is 0. The van der Waals surface area contributed by atoms with Crippen molar-refractivity contribution < 1.29 is 9.13 Å². The van der Waals surface area contributed by atoms with Gasteiger partial charge >= 0.3 is 0 Å². The fourth-order valence-electron chi connectivity index (χ4n) is 1.84. The van der Waals surface area contributed by atoms with Gasteiger partial charge in [-0.1, -0.05) is 0 Å². The fourth-order valence-corrected chi connectivity index (χ4v) is 1.84. The lowest BCUT2D eigenvalue weighted by Crippen LogP contribution is -2.37. The Morgan fingerprint density at radius 3 is 3.00 bits per heavy atom. The zero-order valence-corrected chi connectivity index (χ0v) is 10.2. The normalized spacial score (nSPS) is 16.7. The van der Waals surface area contributed by atoms with Gasteiger partial charge in [0.25, 0.3) is 0 Å². The molecule has 1 aliphatic heterocycles. The molecule has 1 aromatic rings. The third-order valence-electron chi connectivity index (χ3n) is 2.81. The number of ether oxygens (including phenoxy) is 1. The van der Waals surface area contributed by atoms with Crippen molar-refractivity contribution in [1.82, 2.24) is 14.9 Å². The smallest absolute Gasteiger partial charge is 0.222 e. The molecule has 2 rings (SSSR count). The molecule has 6 nitrogen and oxygen atoms in total. The summed E-state index contributed by atoms with van der Waals surface area (Å²) in [6.07, 6.45) is 2.00. The van der Waals surface area contributed by atoms with Gasteiger partial charge in [0, 0.05) is 19.6 Å². The fraction of sp³-hybridized carbons (Fsp3) is 0.636. The SMILES string of the molecule is Nc1ncc(F)c(NCCCN2CCOCC2)n1. The summed E-state index contributed by atoms with van der Waals surface area (Å²) in [6.45, 7) is 5.15. The Kier molecular flexibility index (Phi) is 4.66. The van der Waals surface area contributed by atoms with Gasteiger partial charge in [-0.15, -0.1) is 0 Å². The minimum absolute atomic E-state index is 0.0760. The lowest BCUT2D eigenvalue weighted by Gasteiger charge is -2.26. The topological polar surface area (TPSA) is 76.3 Å². The maximum atomic E-state index is 13.3. The highest BCUT2D eigenvalue weighted by molar-refractivity contribution is 5.38. The van der Waals surface area contributed by atoms with E-state index >= 15 is 0 Å². The van der Waals surface area contributed by atoms with Crippen LogP contribution in [0.2, 0.25) is 0 Å². The van der Waals surface area contributed by atoms with Gasteiger partial charge in [0.2, 0.25) is 5.95 Å². The van der Waals surface area contributed by atoms with E-state index in [0.29, 0.717) is 6.54 Å². The van der Waals surface area contributed by atoms with Crippen LogP contribution in [0.15, 0.2) is 6.20 Å². The monoisotopic (exact) mass is 255 g/mol. The first-order valence-electron chi connectivity index (χ1n) is 6.07. The molecule has 100 valence electrons.